The third-order valence-electron chi connectivity index (χ3n) is 2.39. The largest absolute Gasteiger partial charge is 0.466 e. The first-order valence-corrected chi connectivity index (χ1v) is 5.54. The minimum Gasteiger partial charge on any atom is -0.466 e. The van der Waals surface area contributed by atoms with Crippen LogP contribution in [-0.2, 0) is 16.0 Å². The molecule has 0 saturated carbocycles. The lowest BCUT2D eigenvalue weighted by Gasteiger charge is -2.03. The fourth-order valence-electron chi connectivity index (χ4n) is 1.66. The number of esters is 1. The van der Waals surface area contributed by atoms with Gasteiger partial charge in [-0.3, -0.25) is 4.79 Å². The first kappa shape index (κ1) is 11.4. The van der Waals surface area contributed by atoms with Crippen LogP contribution in [0.25, 0.3) is 11.3 Å². The van der Waals surface area contributed by atoms with Gasteiger partial charge in [0.15, 0.2) is 0 Å². The zero-order chi connectivity index (χ0) is 12.1. The predicted molar refractivity (Wildman–Crippen MR) is 64.4 cm³/mol. The van der Waals surface area contributed by atoms with Crippen molar-refractivity contribution in [1.29, 1.82) is 0 Å². The van der Waals surface area contributed by atoms with Gasteiger partial charge in [-0.15, -0.1) is 0 Å². The molecule has 2 aromatic rings. The molecule has 0 radical (unpaired) electrons. The quantitative estimate of drug-likeness (QED) is 0.819. The van der Waals surface area contributed by atoms with Crippen molar-refractivity contribution in [2.45, 2.75) is 13.3 Å². The van der Waals surface area contributed by atoms with E-state index >= 15 is 0 Å². The number of carbonyl (C=O) groups excluding carboxylic acids is 1. The molecule has 4 heteroatoms. The molecule has 1 aromatic heterocycles. The molecule has 1 aromatic carbocycles. The summed E-state index contributed by atoms with van der Waals surface area (Å²) in [7, 11) is 0. The Bertz CT molecular complexity index is 491. The number of ether oxygens (including phenoxy) is 1. The van der Waals surface area contributed by atoms with E-state index in [1.165, 1.54) is 0 Å². The van der Waals surface area contributed by atoms with Gasteiger partial charge in [-0.05, 0) is 6.92 Å². The molecule has 17 heavy (non-hydrogen) atoms. The lowest BCUT2D eigenvalue weighted by molar-refractivity contribution is -0.142. The van der Waals surface area contributed by atoms with Crippen LogP contribution in [-0.4, -0.2) is 22.5 Å². The minimum absolute atomic E-state index is 0.220. The summed E-state index contributed by atoms with van der Waals surface area (Å²) >= 11 is 0. The molecule has 0 atom stereocenters. The fourth-order valence-corrected chi connectivity index (χ4v) is 1.66. The summed E-state index contributed by atoms with van der Waals surface area (Å²) in [5, 5.41) is 0. The highest BCUT2D eigenvalue weighted by atomic mass is 16.5. The molecule has 1 N–H and O–H groups in total. The summed E-state index contributed by atoms with van der Waals surface area (Å²) in [6.07, 6.45) is 1.81. The van der Waals surface area contributed by atoms with Crippen LogP contribution in [0.3, 0.4) is 0 Å². The Morgan fingerprint density at radius 1 is 1.35 bits per heavy atom. The molecule has 88 valence electrons. The molecule has 4 nitrogen and oxygen atoms in total. The molecule has 0 spiro atoms. The van der Waals surface area contributed by atoms with Gasteiger partial charge in [-0.25, -0.2) is 4.98 Å². The third-order valence-corrected chi connectivity index (χ3v) is 2.39. The van der Waals surface area contributed by atoms with Gasteiger partial charge < -0.3 is 9.72 Å². The SMILES string of the molecule is CCOC(=O)Cc1[nH]cnc1-c1ccccc1. The molecule has 1 heterocycles. The summed E-state index contributed by atoms with van der Waals surface area (Å²) in [6, 6.07) is 9.76. The molecule has 0 aliphatic carbocycles. The Kier molecular flexibility index (Phi) is 3.55. The van der Waals surface area contributed by atoms with Gasteiger partial charge in [-0.2, -0.15) is 0 Å². The number of aromatic nitrogens is 2. The average Bonchev–Trinajstić information content (AvgIpc) is 2.78. The van der Waals surface area contributed by atoms with E-state index in [0.717, 1.165) is 17.0 Å². The van der Waals surface area contributed by atoms with Crippen molar-refractivity contribution >= 4 is 5.97 Å². The minimum atomic E-state index is -0.242. The monoisotopic (exact) mass is 230 g/mol. The van der Waals surface area contributed by atoms with Crippen molar-refractivity contribution in [1.82, 2.24) is 9.97 Å². The van der Waals surface area contributed by atoms with Crippen molar-refractivity contribution in [2.24, 2.45) is 0 Å². The molecular weight excluding hydrogens is 216 g/mol. The van der Waals surface area contributed by atoms with Crippen LogP contribution in [0.15, 0.2) is 36.7 Å². The number of benzene rings is 1. The highest BCUT2D eigenvalue weighted by molar-refractivity contribution is 5.75. The zero-order valence-corrected chi connectivity index (χ0v) is 9.64. The molecule has 2 rings (SSSR count). The number of rotatable bonds is 4. The van der Waals surface area contributed by atoms with Gasteiger partial charge >= 0.3 is 5.97 Å². The van der Waals surface area contributed by atoms with E-state index in [0.29, 0.717) is 6.61 Å². The Hall–Kier alpha value is -2.10. The van der Waals surface area contributed by atoms with Crippen LogP contribution < -0.4 is 0 Å². The summed E-state index contributed by atoms with van der Waals surface area (Å²) in [4.78, 5) is 18.6. The van der Waals surface area contributed by atoms with Crippen LogP contribution in [0, 0.1) is 0 Å². The van der Waals surface area contributed by atoms with Crippen LogP contribution in [0.1, 0.15) is 12.6 Å². The van der Waals surface area contributed by atoms with Gasteiger partial charge in [0.2, 0.25) is 0 Å². The van der Waals surface area contributed by atoms with Crippen molar-refractivity contribution in [3.63, 3.8) is 0 Å². The maximum absolute atomic E-state index is 11.4. The maximum atomic E-state index is 11.4. The number of nitrogens with zero attached hydrogens (tertiary/aromatic N) is 1. The number of aromatic amines is 1. The second-order valence-electron chi connectivity index (χ2n) is 3.58. The number of hydrogen-bond acceptors (Lipinski definition) is 3. The van der Waals surface area contributed by atoms with Crippen LogP contribution in [0.5, 0.6) is 0 Å². The Morgan fingerprint density at radius 2 is 2.12 bits per heavy atom. The normalized spacial score (nSPS) is 10.2. The standard InChI is InChI=1S/C13H14N2O2/c1-2-17-12(16)8-11-13(15-9-14-11)10-6-4-3-5-7-10/h3-7,9H,2,8H2,1H3,(H,14,15). The lowest BCUT2D eigenvalue weighted by atomic mass is 10.1. The molecule has 0 unspecified atom stereocenters. The number of carbonyl (C=O) groups is 1. The molecule has 0 amide bonds. The highest BCUT2D eigenvalue weighted by Gasteiger charge is 2.12. The summed E-state index contributed by atoms with van der Waals surface area (Å²) in [5.74, 6) is -0.242. The Labute approximate surface area is 99.7 Å². The van der Waals surface area contributed by atoms with Crippen LogP contribution in [0.2, 0.25) is 0 Å². The van der Waals surface area contributed by atoms with E-state index in [2.05, 4.69) is 9.97 Å². The number of imidazole rings is 1. The van der Waals surface area contributed by atoms with Crippen LogP contribution in [0.4, 0.5) is 0 Å². The summed E-state index contributed by atoms with van der Waals surface area (Å²) in [6.45, 7) is 2.19. The van der Waals surface area contributed by atoms with Crippen molar-refractivity contribution in [2.75, 3.05) is 6.61 Å². The first-order valence-electron chi connectivity index (χ1n) is 5.54. The van der Waals surface area contributed by atoms with Gasteiger partial charge in [-0.1, -0.05) is 30.3 Å². The third kappa shape index (κ3) is 2.72. The number of hydrogen-bond donors (Lipinski definition) is 1. The van der Waals surface area contributed by atoms with E-state index in [-0.39, 0.29) is 12.4 Å². The molecule has 0 fully saturated rings. The molecule has 0 bridgehead atoms. The molecule has 0 aliphatic heterocycles. The Morgan fingerprint density at radius 3 is 2.82 bits per heavy atom. The van der Waals surface area contributed by atoms with E-state index in [1.54, 1.807) is 13.3 Å². The van der Waals surface area contributed by atoms with Crippen molar-refractivity contribution in [3.8, 4) is 11.3 Å². The average molecular weight is 230 g/mol. The van der Waals surface area contributed by atoms with Gasteiger partial charge in [0.1, 0.15) is 0 Å². The lowest BCUT2D eigenvalue weighted by Crippen LogP contribution is -2.08. The second kappa shape index (κ2) is 5.30. The van der Waals surface area contributed by atoms with Crippen molar-refractivity contribution in [3.05, 3.63) is 42.4 Å². The topological polar surface area (TPSA) is 55.0 Å². The van der Waals surface area contributed by atoms with Crippen molar-refractivity contribution < 1.29 is 9.53 Å². The fraction of sp³-hybridized carbons (Fsp3) is 0.231. The van der Waals surface area contributed by atoms with Crippen LogP contribution >= 0.6 is 0 Å². The second-order valence-corrected chi connectivity index (χ2v) is 3.58. The molecule has 0 saturated heterocycles. The summed E-state index contributed by atoms with van der Waals surface area (Å²) in [5.41, 5.74) is 2.58. The zero-order valence-electron chi connectivity index (χ0n) is 9.64. The molecular formula is C13H14N2O2. The maximum Gasteiger partial charge on any atom is 0.311 e. The number of H-pyrrole nitrogens is 1. The highest BCUT2D eigenvalue weighted by Crippen LogP contribution is 2.20. The smallest absolute Gasteiger partial charge is 0.311 e. The van der Waals surface area contributed by atoms with Gasteiger partial charge in [0, 0.05) is 5.56 Å². The summed E-state index contributed by atoms with van der Waals surface area (Å²) < 4.78 is 4.92. The number of nitrogens with one attached hydrogen (secondary N) is 1. The Balaban J connectivity index is 2.20. The van der Waals surface area contributed by atoms with E-state index < -0.39 is 0 Å². The van der Waals surface area contributed by atoms with E-state index in [9.17, 15) is 4.79 Å². The van der Waals surface area contributed by atoms with E-state index in [1.807, 2.05) is 30.3 Å². The first-order chi connectivity index (χ1) is 8.31. The van der Waals surface area contributed by atoms with Gasteiger partial charge in [0.05, 0.1) is 30.7 Å². The van der Waals surface area contributed by atoms with Gasteiger partial charge in [0.25, 0.3) is 0 Å². The molecule has 0 aliphatic rings. The van der Waals surface area contributed by atoms with E-state index in [4.69, 9.17) is 4.74 Å². The predicted octanol–water partition coefficient (Wildman–Crippen LogP) is 2.18.